The van der Waals surface area contributed by atoms with Crippen LogP contribution in [0.15, 0.2) is 0 Å². The molecule has 0 saturated heterocycles. The van der Waals surface area contributed by atoms with Crippen molar-refractivity contribution >= 4 is 5.97 Å². The third-order valence-corrected chi connectivity index (χ3v) is 2.41. The van der Waals surface area contributed by atoms with Crippen molar-refractivity contribution in [1.29, 1.82) is 0 Å². The van der Waals surface area contributed by atoms with Gasteiger partial charge in [0.05, 0.1) is 12.0 Å². The van der Waals surface area contributed by atoms with Gasteiger partial charge in [0.15, 0.2) is 0 Å². The van der Waals surface area contributed by atoms with E-state index in [2.05, 4.69) is 0 Å². The molecule has 2 N–H and O–H groups in total. The van der Waals surface area contributed by atoms with Crippen molar-refractivity contribution in [3.05, 3.63) is 0 Å². The van der Waals surface area contributed by atoms with Crippen LogP contribution in [0, 0.1) is 5.92 Å². The Kier molecular flexibility index (Phi) is 7.48. The first-order valence-corrected chi connectivity index (χ1v) is 5.48. The normalized spacial score (nSPS) is 15.1. The fraction of sp³-hybridized carbons (Fsp3) is 0.909. The van der Waals surface area contributed by atoms with Crippen LogP contribution in [0.25, 0.3) is 0 Å². The summed E-state index contributed by atoms with van der Waals surface area (Å²) in [6, 6.07) is 0. The molecule has 0 rings (SSSR count). The molecule has 84 valence electrons. The lowest BCUT2D eigenvalue weighted by Gasteiger charge is -2.10. The first-order chi connectivity index (χ1) is 6.57. The lowest BCUT2D eigenvalue weighted by atomic mass is 9.96. The highest BCUT2D eigenvalue weighted by atomic mass is 16.4. The van der Waals surface area contributed by atoms with Gasteiger partial charge in [-0.05, 0) is 26.2 Å². The molecule has 0 aromatic carbocycles. The maximum atomic E-state index is 10.8. The summed E-state index contributed by atoms with van der Waals surface area (Å²) in [5.41, 5.74) is 0. The van der Waals surface area contributed by atoms with E-state index >= 15 is 0 Å². The molecule has 0 aromatic rings. The Morgan fingerprint density at radius 2 is 1.79 bits per heavy atom. The summed E-state index contributed by atoms with van der Waals surface area (Å²) in [5, 5.41) is 17.9. The second kappa shape index (κ2) is 7.80. The monoisotopic (exact) mass is 202 g/mol. The van der Waals surface area contributed by atoms with Gasteiger partial charge >= 0.3 is 5.97 Å². The molecule has 0 aromatic heterocycles. The van der Waals surface area contributed by atoms with E-state index in [1.54, 1.807) is 6.92 Å². The van der Waals surface area contributed by atoms with Gasteiger partial charge in [0.1, 0.15) is 0 Å². The third kappa shape index (κ3) is 6.89. The largest absolute Gasteiger partial charge is 0.481 e. The molecule has 2 atom stereocenters. The molecule has 14 heavy (non-hydrogen) atoms. The number of rotatable bonds is 8. The van der Waals surface area contributed by atoms with Gasteiger partial charge in [0.2, 0.25) is 0 Å². The van der Waals surface area contributed by atoms with Crippen molar-refractivity contribution in [2.75, 3.05) is 0 Å². The minimum Gasteiger partial charge on any atom is -0.481 e. The summed E-state index contributed by atoms with van der Waals surface area (Å²) < 4.78 is 0. The predicted molar refractivity (Wildman–Crippen MR) is 56.2 cm³/mol. The zero-order valence-corrected chi connectivity index (χ0v) is 9.20. The lowest BCUT2D eigenvalue weighted by molar-refractivity contribution is -0.142. The Hall–Kier alpha value is -0.570. The summed E-state index contributed by atoms with van der Waals surface area (Å²) in [6.45, 7) is 3.77. The second-order valence-electron chi connectivity index (χ2n) is 3.96. The van der Waals surface area contributed by atoms with Crippen LogP contribution in [-0.2, 0) is 4.79 Å². The summed E-state index contributed by atoms with van der Waals surface area (Å²) in [4.78, 5) is 10.8. The molecule has 2 unspecified atom stereocenters. The van der Waals surface area contributed by atoms with E-state index in [4.69, 9.17) is 10.2 Å². The predicted octanol–water partition coefficient (Wildman–Crippen LogP) is 2.43. The van der Waals surface area contributed by atoms with Crippen LogP contribution in [0.4, 0.5) is 0 Å². The fourth-order valence-corrected chi connectivity index (χ4v) is 1.57. The van der Waals surface area contributed by atoms with Gasteiger partial charge < -0.3 is 10.2 Å². The zero-order valence-electron chi connectivity index (χ0n) is 9.20. The minimum atomic E-state index is -0.677. The van der Waals surface area contributed by atoms with Crippen molar-refractivity contribution in [2.24, 2.45) is 5.92 Å². The average Bonchev–Trinajstić information content (AvgIpc) is 2.09. The molecule has 0 aliphatic heterocycles. The van der Waals surface area contributed by atoms with E-state index in [0.717, 1.165) is 38.5 Å². The Morgan fingerprint density at radius 3 is 2.21 bits per heavy atom. The fourth-order valence-electron chi connectivity index (χ4n) is 1.57. The Balaban J connectivity index is 3.56. The van der Waals surface area contributed by atoms with Crippen molar-refractivity contribution in [2.45, 2.75) is 58.5 Å². The minimum absolute atomic E-state index is 0.186. The van der Waals surface area contributed by atoms with Crippen molar-refractivity contribution in [3.63, 3.8) is 0 Å². The van der Waals surface area contributed by atoms with Crippen LogP contribution in [0.3, 0.4) is 0 Å². The zero-order chi connectivity index (χ0) is 11.0. The molecule has 0 amide bonds. The molecule has 0 saturated carbocycles. The standard InChI is InChI=1S/C11H22O3/c1-3-6-10(11(13)14)8-5-4-7-9(2)12/h9-10,12H,3-8H2,1-2H3,(H,13,14). The number of unbranched alkanes of at least 4 members (excludes halogenated alkanes) is 1. The molecule has 3 heteroatoms. The molecule has 0 fully saturated rings. The number of aliphatic carboxylic acids is 1. The van der Waals surface area contributed by atoms with E-state index in [1.807, 2.05) is 6.92 Å². The van der Waals surface area contributed by atoms with E-state index < -0.39 is 5.97 Å². The van der Waals surface area contributed by atoms with Gasteiger partial charge in [-0.3, -0.25) is 4.79 Å². The molecule has 0 heterocycles. The van der Waals surface area contributed by atoms with E-state index in [-0.39, 0.29) is 12.0 Å². The van der Waals surface area contributed by atoms with Gasteiger partial charge in [0.25, 0.3) is 0 Å². The van der Waals surface area contributed by atoms with E-state index in [1.165, 1.54) is 0 Å². The number of carbonyl (C=O) groups is 1. The molecular weight excluding hydrogens is 180 g/mol. The van der Waals surface area contributed by atoms with Crippen LogP contribution in [0.1, 0.15) is 52.4 Å². The number of carboxylic acids is 1. The highest BCUT2D eigenvalue weighted by molar-refractivity contribution is 5.69. The number of hydrogen-bond donors (Lipinski definition) is 2. The first-order valence-electron chi connectivity index (χ1n) is 5.48. The number of hydrogen-bond acceptors (Lipinski definition) is 2. The maximum Gasteiger partial charge on any atom is 0.306 e. The molecular formula is C11H22O3. The Labute approximate surface area is 86.1 Å². The summed E-state index contributed by atoms with van der Waals surface area (Å²) in [6.07, 6.45) is 4.78. The Morgan fingerprint density at radius 1 is 1.21 bits per heavy atom. The highest BCUT2D eigenvalue weighted by Crippen LogP contribution is 2.16. The van der Waals surface area contributed by atoms with Crippen LogP contribution < -0.4 is 0 Å². The second-order valence-corrected chi connectivity index (χ2v) is 3.96. The highest BCUT2D eigenvalue weighted by Gasteiger charge is 2.15. The number of aliphatic hydroxyl groups is 1. The van der Waals surface area contributed by atoms with E-state index in [9.17, 15) is 4.79 Å². The molecule has 0 radical (unpaired) electrons. The van der Waals surface area contributed by atoms with Crippen LogP contribution in [0.2, 0.25) is 0 Å². The molecule has 3 nitrogen and oxygen atoms in total. The third-order valence-electron chi connectivity index (χ3n) is 2.41. The summed E-state index contributed by atoms with van der Waals surface area (Å²) in [7, 11) is 0. The Bertz CT molecular complexity index is 155. The van der Waals surface area contributed by atoms with Crippen molar-refractivity contribution < 1.29 is 15.0 Å². The van der Waals surface area contributed by atoms with Crippen LogP contribution >= 0.6 is 0 Å². The van der Waals surface area contributed by atoms with Gasteiger partial charge in [0, 0.05) is 0 Å². The van der Waals surface area contributed by atoms with Crippen molar-refractivity contribution in [3.8, 4) is 0 Å². The van der Waals surface area contributed by atoms with Crippen LogP contribution in [-0.4, -0.2) is 22.3 Å². The van der Waals surface area contributed by atoms with Gasteiger partial charge in [-0.25, -0.2) is 0 Å². The van der Waals surface area contributed by atoms with Gasteiger partial charge in [-0.15, -0.1) is 0 Å². The number of carboxylic acid groups (broad SMARTS) is 1. The van der Waals surface area contributed by atoms with Crippen molar-refractivity contribution in [1.82, 2.24) is 0 Å². The lowest BCUT2D eigenvalue weighted by Crippen LogP contribution is -2.13. The number of aliphatic hydroxyl groups excluding tert-OH is 1. The molecule has 0 aliphatic rings. The maximum absolute atomic E-state index is 10.8. The first kappa shape index (κ1) is 13.4. The SMILES string of the molecule is CCCC(CCCCC(C)O)C(=O)O. The summed E-state index contributed by atoms with van der Waals surface area (Å²) in [5.74, 6) is -0.863. The molecule has 0 spiro atoms. The molecule has 0 bridgehead atoms. The van der Waals surface area contributed by atoms with E-state index in [0.29, 0.717) is 0 Å². The van der Waals surface area contributed by atoms with Gasteiger partial charge in [-0.1, -0.05) is 26.2 Å². The summed E-state index contributed by atoms with van der Waals surface area (Å²) >= 11 is 0. The smallest absolute Gasteiger partial charge is 0.306 e. The van der Waals surface area contributed by atoms with Gasteiger partial charge in [-0.2, -0.15) is 0 Å². The average molecular weight is 202 g/mol. The quantitative estimate of drug-likeness (QED) is 0.594. The molecule has 0 aliphatic carbocycles. The topological polar surface area (TPSA) is 57.5 Å². The van der Waals surface area contributed by atoms with Crippen LogP contribution in [0.5, 0.6) is 0 Å².